The Morgan fingerprint density at radius 3 is 2.82 bits per heavy atom. The average molecular weight is 238 g/mol. The molecule has 17 heavy (non-hydrogen) atoms. The lowest BCUT2D eigenvalue weighted by atomic mass is 10.2. The van der Waals surface area contributed by atoms with E-state index in [1.165, 1.54) is 0 Å². The second kappa shape index (κ2) is 6.47. The zero-order chi connectivity index (χ0) is 12.7. The second-order valence-corrected chi connectivity index (χ2v) is 3.37. The van der Waals surface area contributed by atoms with Gasteiger partial charge >= 0.3 is 6.03 Å². The maximum atomic E-state index is 10.5. The van der Waals surface area contributed by atoms with E-state index >= 15 is 0 Å². The highest BCUT2D eigenvalue weighted by atomic mass is 16.5. The number of carbonyl (C=O) groups excluding carboxylic acids is 1. The maximum absolute atomic E-state index is 10.5. The molecule has 0 aliphatic heterocycles. The molecule has 1 aromatic rings. The highest BCUT2D eigenvalue weighted by molar-refractivity contribution is 5.73. The molecule has 0 bridgehead atoms. The minimum Gasteiger partial charge on any atom is -0.492 e. The first-order valence-corrected chi connectivity index (χ1v) is 5.43. The summed E-state index contributed by atoms with van der Waals surface area (Å²) in [7, 11) is 0. The number of hydrogen-bond donors (Lipinski definition) is 4. The van der Waals surface area contributed by atoms with E-state index < -0.39 is 6.03 Å². The first kappa shape index (κ1) is 13.0. The highest BCUT2D eigenvalue weighted by Crippen LogP contribution is 2.28. The fourth-order valence-corrected chi connectivity index (χ4v) is 1.36. The van der Waals surface area contributed by atoms with Gasteiger partial charge in [-0.15, -0.1) is 0 Å². The third kappa shape index (κ3) is 4.10. The normalized spacial score (nSPS) is 9.71. The number of primary amides is 1. The van der Waals surface area contributed by atoms with Crippen molar-refractivity contribution in [1.29, 1.82) is 0 Å². The SMILES string of the molecule is CCOc1cccc(NCCNC(N)=O)c1N. The van der Waals surface area contributed by atoms with E-state index in [1.807, 2.05) is 25.1 Å². The van der Waals surface area contributed by atoms with Crippen molar-refractivity contribution >= 4 is 17.4 Å². The van der Waals surface area contributed by atoms with Crippen molar-refractivity contribution in [3.05, 3.63) is 18.2 Å². The summed E-state index contributed by atoms with van der Waals surface area (Å²) in [6, 6.07) is 4.97. The number of hydrogen-bond acceptors (Lipinski definition) is 4. The van der Waals surface area contributed by atoms with Crippen LogP contribution >= 0.6 is 0 Å². The predicted octanol–water partition coefficient (Wildman–Crippen LogP) is 0.748. The number of carbonyl (C=O) groups is 1. The largest absolute Gasteiger partial charge is 0.492 e. The fraction of sp³-hybridized carbons (Fsp3) is 0.364. The van der Waals surface area contributed by atoms with Gasteiger partial charge in [-0.1, -0.05) is 6.07 Å². The standard InChI is InChI=1S/C11H18N4O2/c1-2-17-9-5-3-4-8(10(9)12)14-6-7-15-11(13)16/h3-5,14H,2,6-7,12H2,1H3,(H3,13,15,16). The molecule has 0 aliphatic carbocycles. The van der Waals surface area contributed by atoms with Crippen molar-refractivity contribution in [2.75, 3.05) is 30.7 Å². The minimum absolute atomic E-state index is 0.438. The Morgan fingerprint density at radius 1 is 1.41 bits per heavy atom. The smallest absolute Gasteiger partial charge is 0.312 e. The third-order valence-corrected chi connectivity index (χ3v) is 2.11. The van der Waals surface area contributed by atoms with Crippen molar-refractivity contribution in [3.63, 3.8) is 0 Å². The summed E-state index contributed by atoms with van der Waals surface area (Å²) in [6.07, 6.45) is 0. The molecule has 6 N–H and O–H groups in total. The van der Waals surface area contributed by atoms with E-state index in [2.05, 4.69) is 10.6 Å². The van der Waals surface area contributed by atoms with Crippen molar-refractivity contribution in [1.82, 2.24) is 5.32 Å². The van der Waals surface area contributed by atoms with Gasteiger partial charge in [0.1, 0.15) is 5.75 Å². The van der Waals surface area contributed by atoms with Crippen molar-refractivity contribution in [2.24, 2.45) is 5.73 Å². The molecular weight excluding hydrogens is 220 g/mol. The third-order valence-electron chi connectivity index (χ3n) is 2.11. The van der Waals surface area contributed by atoms with Gasteiger partial charge in [0.25, 0.3) is 0 Å². The first-order valence-electron chi connectivity index (χ1n) is 5.43. The van der Waals surface area contributed by atoms with Crippen LogP contribution in [0.15, 0.2) is 18.2 Å². The maximum Gasteiger partial charge on any atom is 0.312 e. The van der Waals surface area contributed by atoms with Crippen molar-refractivity contribution in [2.45, 2.75) is 6.92 Å². The molecule has 6 nitrogen and oxygen atoms in total. The van der Waals surface area contributed by atoms with Gasteiger partial charge in [-0.2, -0.15) is 0 Å². The fourth-order valence-electron chi connectivity index (χ4n) is 1.36. The number of nitrogens with one attached hydrogen (secondary N) is 2. The summed E-state index contributed by atoms with van der Waals surface area (Å²) in [5, 5.41) is 5.57. The highest BCUT2D eigenvalue weighted by Gasteiger charge is 2.04. The number of nitrogens with two attached hydrogens (primary N) is 2. The molecule has 0 saturated heterocycles. The lowest BCUT2D eigenvalue weighted by Gasteiger charge is -2.13. The van der Waals surface area contributed by atoms with Gasteiger partial charge in [0.15, 0.2) is 0 Å². The zero-order valence-electron chi connectivity index (χ0n) is 9.82. The van der Waals surface area contributed by atoms with Crippen LogP contribution < -0.4 is 26.8 Å². The number of rotatable bonds is 6. The Kier molecular flexibility index (Phi) is 4.93. The quantitative estimate of drug-likeness (QED) is 0.433. The molecule has 0 aliphatic rings. The summed E-state index contributed by atoms with van der Waals surface area (Å²) < 4.78 is 5.37. The Labute approximate surface area is 100 Å². The van der Waals surface area contributed by atoms with Gasteiger partial charge in [-0.3, -0.25) is 0 Å². The summed E-state index contributed by atoms with van der Waals surface area (Å²) in [5.74, 6) is 0.653. The molecule has 0 spiro atoms. The second-order valence-electron chi connectivity index (χ2n) is 3.37. The molecule has 1 aromatic carbocycles. The summed E-state index contributed by atoms with van der Waals surface area (Å²) >= 11 is 0. The number of benzene rings is 1. The van der Waals surface area contributed by atoms with Gasteiger partial charge < -0.3 is 26.8 Å². The Bertz CT molecular complexity index is 382. The molecule has 0 aromatic heterocycles. The van der Waals surface area contributed by atoms with Crippen molar-refractivity contribution in [3.8, 4) is 5.75 Å². The van der Waals surface area contributed by atoms with Crippen LogP contribution in [0.2, 0.25) is 0 Å². The molecule has 0 unspecified atom stereocenters. The van der Waals surface area contributed by atoms with Crippen molar-refractivity contribution < 1.29 is 9.53 Å². The molecule has 2 amide bonds. The Balaban J connectivity index is 2.53. The lowest BCUT2D eigenvalue weighted by Crippen LogP contribution is -2.33. The van der Waals surface area contributed by atoms with E-state index in [0.29, 0.717) is 31.1 Å². The van der Waals surface area contributed by atoms with Crippen LogP contribution in [0.4, 0.5) is 16.2 Å². The van der Waals surface area contributed by atoms with Gasteiger partial charge in [0.05, 0.1) is 18.0 Å². The Morgan fingerprint density at radius 2 is 2.18 bits per heavy atom. The molecule has 0 heterocycles. The van der Waals surface area contributed by atoms with E-state index in [-0.39, 0.29) is 0 Å². The average Bonchev–Trinajstić information content (AvgIpc) is 2.29. The molecule has 94 valence electrons. The Hall–Kier alpha value is -2.11. The zero-order valence-corrected chi connectivity index (χ0v) is 9.82. The first-order chi connectivity index (χ1) is 8.15. The number of ether oxygens (including phenoxy) is 1. The molecule has 0 radical (unpaired) electrons. The number of nitrogen functional groups attached to an aromatic ring is 1. The lowest BCUT2D eigenvalue weighted by molar-refractivity contribution is 0.249. The van der Waals surface area contributed by atoms with Crippen LogP contribution in [0.3, 0.4) is 0 Å². The van der Waals surface area contributed by atoms with Crippen LogP contribution in [0.25, 0.3) is 0 Å². The molecule has 6 heteroatoms. The van der Waals surface area contributed by atoms with Crippen LogP contribution in [-0.2, 0) is 0 Å². The van der Waals surface area contributed by atoms with Gasteiger partial charge in [0, 0.05) is 13.1 Å². The molecule has 0 atom stereocenters. The van der Waals surface area contributed by atoms with Gasteiger partial charge in [-0.05, 0) is 19.1 Å². The number of urea groups is 1. The summed E-state index contributed by atoms with van der Waals surface area (Å²) in [6.45, 7) is 3.45. The molecule has 0 saturated carbocycles. The van der Waals surface area contributed by atoms with Crippen LogP contribution in [0.5, 0.6) is 5.75 Å². The van der Waals surface area contributed by atoms with Crippen LogP contribution in [0.1, 0.15) is 6.92 Å². The monoisotopic (exact) mass is 238 g/mol. The van der Waals surface area contributed by atoms with E-state index in [1.54, 1.807) is 0 Å². The molecule has 0 fully saturated rings. The summed E-state index contributed by atoms with van der Waals surface area (Å²) in [4.78, 5) is 10.5. The molecular formula is C11H18N4O2. The van der Waals surface area contributed by atoms with E-state index in [4.69, 9.17) is 16.2 Å². The van der Waals surface area contributed by atoms with Crippen LogP contribution in [0, 0.1) is 0 Å². The number of para-hydroxylation sites is 1. The van der Waals surface area contributed by atoms with E-state index in [0.717, 1.165) is 5.69 Å². The number of anilines is 2. The van der Waals surface area contributed by atoms with E-state index in [9.17, 15) is 4.79 Å². The topological polar surface area (TPSA) is 102 Å². The van der Waals surface area contributed by atoms with Crippen LogP contribution in [-0.4, -0.2) is 25.7 Å². The summed E-state index contributed by atoms with van der Waals surface area (Å²) in [5.41, 5.74) is 12.2. The van der Waals surface area contributed by atoms with Gasteiger partial charge in [-0.25, -0.2) is 4.79 Å². The number of amides is 2. The molecule has 1 rings (SSSR count). The predicted molar refractivity (Wildman–Crippen MR) is 68.1 cm³/mol. The van der Waals surface area contributed by atoms with Gasteiger partial charge in [0.2, 0.25) is 0 Å². The minimum atomic E-state index is -0.539.